The molecule has 22 heteroatoms. The molecule has 0 spiro atoms. The molecule has 4 rings (SSSR count). The summed E-state index contributed by atoms with van der Waals surface area (Å²) in [5.74, 6) is -24.2. The van der Waals surface area contributed by atoms with Crippen LogP contribution >= 0.6 is 0 Å². The van der Waals surface area contributed by atoms with E-state index in [-0.39, 0.29) is 0 Å². The van der Waals surface area contributed by atoms with Gasteiger partial charge in [0.15, 0.2) is 52.1 Å². The Labute approximate surface area is 270 Å². The molecule has 51 heavy (non-hydrogen) atoms. The number of hydrogen-bond acceptors (Lipinski definition) is 7. The molecule has 0 saturated heterocycles. The van der Waals surface area contributed by atoms with E-state index in [9.17, 15) is 69.3 Å². The van der Waals surface area contributed by atoms with Crippen LogP contribution in [0.2, 0.25) is 0 Å². The molecule has 2 aromatic heterocycles. The lowest BCUT2D eigenvalue weighted by Crippen LogP contribution is -2.16. The minimum Gasteiger partial charge on any atom is -0.209 e. The van der Waals surface area contributed by atoms with Gasteiger partial charge in [0, 0.05) is 16.7 Å². The van der Waals surface area contributed by atoms with Gasteiger partial charge in [-0.05, 0) is 0 Å². The maximum Gasteiger partial charge on any atom is 0.436 e. The molecule has 1 fully saturated rings. The number of nitriles is 5. The van der Waals surface area contributed by atoms with Crippen LogP contribution in [0.4, 0.5) is 65.9 Å². The average molecular weight is 731 g/mol. The van der Waals surface area contributed by atoms with Crippen molar-refractivity contribution in [2.45, 2.75) is 12.4 Å². The Morgan fingerprint density at radius 2 is 0.706 bits per heavy atom. The molecule has 1 saturated carbocycles. The van der Waals surface area contributed by atoms with E-state index in [4.69, 9.17) is 5.26 Å². The summed E-state index contributed by atoms with van der Waals surface area (Å²) in [7, 11) is 0. The van der Waals surface area contributed by atoms with Crippen molar-refractivity contribution in [2.75, 3.05) is 0 Å². The summed E-state index contributed by atoms with van der Waals surface area (Å²) in [6, 6.07) is 4.28. The van der Waals surface area contributed by atoms with Crippen molar-refractivity contribution in [3.63, 3.8) is 0 Å². The van der Waals surface area contributed by atoms with E-state index in [1.807, 2.05) is 9.97 Å². The van der Waals surface area contributed by atoms with Gasteiger partial charge in [0.1, 0.15) is 41.5 Å². The smallest absolute Gasteiger partial charge is 0.209 e. The molecule has 0 radical (unpaired) electrons. The Bertz CT molecular complexity index is 2330. The van der Waals surface area contributed by atoms with E-state index in [0.29, 0.717) is 0 Å². The Morgan fingerprint density at radius 3 is 0.980 bits per heavy atom. The topological polar surface area (TPSA) is 145 Å². The van der Waals surface area contributed by atoms with Crippen molar-refractivity contribution in [3.8, 4) is 30.3 Å². The lowest BCUT2D eigenvalue weighted by molar-refractivity contribution is -0.145. The summed E-state index contributed by atoms with van der Waals surface area (Å²) in [6.45, 7) is 0. The molecule has 2 heterocycles. The average Bonchev–Trinajstić information content (AvgIpc) is 3.77. The van der Waals surface area contributed by atoms with Crippen LogP contribution in [0.1, 0.15) is 39.2 Å². The number of rotatable bonds is 3. The number of hydrogen-bond donors (Lipinski definition) is 0. The monoisotopic (exact) mass is 731 g/mol. The Hall–Kier alpha value is -6.86. The van der Waals surface area contributed by atoms with Crippen molar-refractivity contribution < 1.29 is 65.9 Å². The van der Waals surface area contributed by atoms with Gasteiger partial charge in [0.25, 0.3) is 0 Å². The zero-order valence-corrected chi connectivity index (χ0v) is 23.3. The molecule has 0 N–H and O–H groups in total. The molecule has 1 aliphatic rings. The van der Waals surface area contributed by atoms with E-state index in [2.05, 4.69) is 0 Å². The molecule has 0 bridgehead atoms. The number of benzene rings is 1. The fourth-order valence-electron chi connectivity index (χ4n) is 4.58. The lowest BCUT2D eigenvalue weighted by atomic mass is 9.96. The third-order valence-corrected chi connectivity index (χ3v) is 6.68. The highest BCUT2D eigenvalue weighted by Crippen LogP contribution is 2.57. The lowest BCUT2D eigenvalue weighted by Gasteiger charge is -2.11. The van der Waals surface area contributed by atoms with Crippen LogP contribution in [0.5, 0.6) is 0 Å². The summed E-state index contributed by atoms with van der Waals surface area (Å²) < 4.78 is 215. The van der Waals surface area contributed by atoms with Crippen molar-refractivity contribution in [3.05, 3.63) is 109 Å². The third kappa shape index (κ3) is 5.70. The summed E-state index contributed by atoms with van der Waals surface area (Å²) in [5, 5.41) is 47.7. The third-order valence-electron chi connectivity index (χ3n) is 6.68. The highest BCUT2D eigenvalue weighted by atomic mass is 19.4. The van der Waals surface area contributed by atoms with Gasteiger partial charge in [-0.3, -0.25) is 0 Å². The van der Waals surface area contributed by atoms with Crippen molar-refractivity contribution in [2.24, 2.45) is 0 Å². The number of halogens is 15. The second-order valence-corrected chi connectivity index (χ2v) is 9.38. The molecule has 0 aliphatic heterocycles. The van der Waals surface area contributed by atoms with Gasteiger partial charge >= 0.3 is 12.4 Å². The highest BCUT2D eigenvalue weighted by molar-refractivity contribution is 6.12. The largest absolute Gasteiger partial charge is 0.436 e. The van der Waals surface area contributed by atoms with E-state index in [1.54, 1.807) is 0 Å². The van der Waals surface area contributed by atoms with Gasteiger partial charge in [-0.25, -0.2) is 40.7 Å². The van der Waals surface area contributed by atoms with Crippen LogP contribution in [0, 0.1) is 109 Å². The van der Waals surface area contributed by atoms with Gasteiger partial charge in [-0.2, -0.15) is 61.4 Å². The molecule has 7 nitrogen and oxygen atoms in total. The van der Waals surface area contributed by atoms with Crippen LogP contribution in [-0.4, -0.2) is 9.97 Å². The standard InChI is InChI=1S/C29F15N7/c30-17-6(1-45)7(2-46)18(31)19(32)14(17)8(3-47)11-12(9(4-48)15-20(33)24(28(39,40)41)50-26(37)22(15)35)13(11)10(5-49)16-21(34)25(29(42,43)44)51-27(38)23(16)36/b11-8?,12-9-,13-10+. The van der Waals surface area contributed by atoms with Crippen LogP contribution in [0.25, 0.3) is 16.7 Å². The number of nitrogens with zero attached hydrogens (tertiary/aromatic N) is 7. The van der Waals surface area contributed by atoms with Crippen molar-refractivity contribution in [1.29, 1.82) is 26.3 Å². The maximum absolute atomic E-state index is 15.4. The van der Waals surface area contributed by atoms with Crippen molar-refractivity contribution >= 4 is 16.7 Å². The minimum absolute atomic E-state index is 0.786. The summed E-state index contributed by atoms with van der Waals surface area (Å²) in [6.07, 6.45) is -12.0. The second kappa shape index (κ2) is 12.5. The maximum atomic E-state index is 15.4. The van der Waals surface area contributed by atoms with Crippen LogP contribution < -0.4 is 0 Å². The van der Waals surface area contributed by atoms with Gasteiger partial charge < -0.3 is 0 Å². The van der Waals surface area contributed by atoms with E-state index in [1.165, 1.54) is 0 Å². The van der Waals surface area contributed by atoms with Gasteiger partial charge in [-0.15, -0.1) is 0 Å². The zero-order valence-electron chi connectivity index (χ0n) is 23.3. The van der Waals surface area contributed by atoms with Crippen LogP contribution in [-0.2, 0) is 12.4 Å². The first-order valence-electron chi connectivity index (χ1n) is 12.3. The number of alkyl halides is 6. The highest BCUT2D eigenvalue weighted by Gasteiger charge is 2.48. The molecular formula is C29F15N7. The van der Waals surface area contributed by atoms with Crippen LogP contribution in [0.15, 0.2) is 16.7 Å². The Morgan fingerprint density at radius 1 is 0.412 bits per heavy atom. The molecule has 3 aromatic rings. The second-order valence-electron chi connectivity index (χ2n) is 9.38. The molecule has 1 aromatic carbocycles. The first-order valence-corrected chi connectivity index (χ1v) is 12.3. The molecule has 0 amide bonds. The zero-order chi connectivity index (χ0) is 38.7. The number of allylic oxidation sites excluding steroid dienone is 6. The van der Waals surface area contributed by atoms with E-state index in [0.717, 1.165) is 30.3 Å². The fourth-order valence-corrected chi connectivity index (χ4v) is 4.58. The molecule has 256 valence electrons. The summed E-state index contributed by atoms with van der Waals surface area (Å²) in [5.41, 5.74) is -26.8. The van der Waals surface area contributed by atoms with Crippen LogP contribution in [0.3, 0.4) is 0 Å². The van der Waals surface area contributed by atoms with E-state index < -0.39 is 138 Å². The predicted molar refractivity (Wildman–Crippen MR) is 132 cm³/mol. The molecule has 0 unspecified atom stereocenters. The van der Waals surface area contributed by atoms with Gasteiger partial charge in [-0.1, -0.05) is 0 Å². The quantitative estimate of drug-likeness (QED) is 0.116. The number of aromatic nitrogens is 2. The van der Waals surface area contributed by atoms with Gasteiger partial charge in [0.2, 0.25) is 11.9 Å². The van der Waals surface area contributed by atoms with Crippen molar-refractivity contribution in [1.82, 2.24) is 9.97 Å². The minimum atomic E-state index is -5.98. The summed E-state index contributed by atoms with van der Waals surface area (Å²) in [4.78, 5) is 4.03. The fraction of sp³-hybridized carbons (Fsp3) is 0.0690. The molecule has 1 aliphatic carbocycles. The normalized spacial score (nSPS) is 15.6. The van der Waals surface area contributed by atoms with Gasteiger partial charge in [0.05, 0.1) is 33.4 Å². The SMILES string of the molecule is N#CC(=C1C(=C(/C#N)c2c(F)c(F)nc(C(F)(F)F)c2F)/C1=C(/C#N)c1c(F)c(F)nc(C(F)(F)F)c1F)c1c(F)c(F)c(C#N)c(C#N)c1F. The first-order chi connectivity index (χ1) is 23.6. The molecular weight excluding hydrogens is 731 g/mol. The Balaban J connectivity index is 2.40. The number of pyridine rings is 2. The van der Waals surface area contributed by atoms with E-state index >= 15 is 17.6 Å². The first kappa shape index (κ1) is 37.0. The predicted octanol–water partition coefficient (Wildman–Crippen LogP) is 7.76. The molecule has 0 atom stereocenters. The summed E-state index contributed by atoms with van der Waals surface area (Å²) >= 11 is 0. The Kier molecular flexibility index (Phi) is 9.09.